The van der Waals surface area contributed by atoms with E-state index < -0.39 is 31.6 Å². The predicted molar refractivity (Wildman–Crippen MR) is 207 cm³/mol. The Bertz CT molecular complexity index is 2590. The van der Waals surface area contributed by atoms with Gasteiger partial charge in [0.15, 0.2) is 15.5 Å². The van der Waals surface area contributed by atoms with Gasteiger partial charge in [-0.1, -0.05) is 41.5 Å². The Balaban J connectivity index is 0.000000389. The van der Waals surface area contributed by atoms with Crippen LogP contribution in [0.4, 0.5) is 27.5 Å². The number of nitrogens with two attached hydrogens (primary N) is 1. The molecule has 1 aliphatic rings. The highest BCUT2D eigenvalue weighted by molar-refractivity contribution is 7.90. The molecule has 0 saturated carbocycles. The summed E-state index contributed by atoms with van der Waals surface area (Å²) in [5.74, 6) is -1.000. The van der Waals surface area contributed by atoms with Crippen molar-refractivity contribution < 1.29 is 30.8 Å². The molecule has 12 nitrogen and oxygen atoms in total. The molecule has 6 aromatic rings. The molecule has 0 radical (unpaired) electrons. The largest absolute Gasteiger partial charge is 0.495 e. The molecule has 7 rings (SSSR count). The highest BCUT2D eigenvalue weighted by Gasteiger charge is 2.24. The lowest BCUT2D eigenvalue weighted by molar-refractivity contribution is 0.0997. The maximum absolute atomic E-state index is 14.6. The summed E-state index contributed by atoms with van der Waals surface area (Å²) in [6.45, 7) is 3.79. The van der Waals surface area contributed by atoms with Crippen molar-refractivity contribution >= 4 is 59.9 Å². The van der Waals surface area contributed by atoms with Crippen LogP contribution < -0.4 is 21.1 Å². The molecule has 0 spiro atoms. The number of benzene rings is 4. The minimum atomic E-state index is -4.06. The number of methoxy groups -OCH3 is 1. The van der Waals surface area contributed by atoms with Crippen LogP contribution in [-0.4, -0.2) is 50.0 Å². The third kappa shape index (κ3) is 8.06. The Hall–Kier alpha value is -5.80. The zero-order valence-electron chi connectivity index (χ0n) is 30.1. The molecule has 15 heteroatoms. The second kappa shape index (κ2) is 15.3. The number of fused-ring (bicyclic) bond motifs is 2. The van der Waals surface area contributed by atoms with Gasteiger partial charge in [-0.25, -0.2) is 25.2 Å². The smallest absolute Gasteiger partial charge is 0.269 e. The number of carbonyl (C=O) groups excluding carboxylic acids is 1. The van der Waals surface area contributed by atoms with Gasteiger partial charge in [0, 0.05) is 12.5 Å². The van der Waals surface area contributed by atoms with Crippen molar-refractivity contribution in [2.45, 2.75) is 49.3 Å². The average Bonchev–Trinajstić information content (AvgIpc) is 3.57. The van der Waals surface area contributed by atoms with Gasteiger partial charge >= 0.3 is 0 Å². The zero-order chi connectivity index (χ0) is 38.8. The molecule has 1 aliphatic carbocycles. The zero-order valence-corrected chi connectivity index (χ0v) is 31.7. The topological polar surface area (TPSA) is 175 Å². The van der Waals surface area contributed by atoms with Crippen molar-refractivity contribution in [3.05, 3.63) is 125 Å². The standard InChI is InChI=1S/C31H29FN6O4S.C8H10O2S/c1-18-10-12-21(13-11-18)43(40,41)38-15-14-22-29(34-24-9-5-8-23(32)27(24)28(33)39)36-31(37-30(22)38)35-25-16-19-6-3-4-7-20(19)17-26(25)42-2;1-7-3-5-8(6-4-7)11(2,9)10/h5,8-17H,3-4,6-7H2,1-2H3,(H2,33,39)(H2,34,35,36,37);3-6H,1-2H3. The summed E-state index contributed by atoms with van der Waals surface area (Å²) < 4.78 is 70.7. The van der Waals surface area contributed by atoms with E-state index in [0.717, 1.165) is 46.8 Å². The number of sulfone groups is 1. The van der Waals surface area contributed by atoms with E-state index in [1.54, 1.807) is 43.5 Å². The molecule has 1 amide bonds. The van der Waals surface area contributed by atoms with Gasteiger partial charge in [-0.2, -0.15) is 9.97 Å². The molecular weight excluding hydrogens is 732 g/mol. The molecule has 2 heterocycles. The van der Waals surface area contributed by atoms with Crippen LogP contribution in [0.5, 0.6) is 5.75 Å². The molecule has 0 unspecified atom stereocenters. The number of anilines is 4. The van der Waals surface area contributed by atoms with Crippen LogP contribution in [0.2, 0.25) is 0 Å². The number of amides is 1. The van der Waals surface area contributed by atoms with Crippen molar-refractivity contribution in [3.8, 4) is 5.75 Å². The predicted octanol–water partition coefficient (Wildman–Crippen LogP) is 6.99. The van der Waals surface area contributed by atoms with E-state index in [2.05, 4.69) is 20.6 Å². The lowest BCUT2D eigenvalue weighted by Crippen LogP contribution is -2.16. The van der Waals surface area contributed by atoms with Crippen molar-refractivity contribution in [1.29, 1.82) is 0 Å². The highest BCUT2D eigenvalue weighted by Crippen LogP contribution is 2.36. The Kier molecular flexibility index (Phi) is 10.7. The van der Waals surface area contributed by atoms with Crippen molar-refractivity contribution in [3.63, 3.8) is 0 Å². The third-order valence-corrected chi connectivity index (χ3v) is 11.8. The highest BCUT2D eigenvalue weighted by atomic mass is 32.2. The number of nitrogens with zero attached hydrogens (tertiary/aromatic N) is 3. The monoisotopic (exact) mass is 770 g/mol. The second-order valence-electron chi connectivity index (χ2n) is 13.0. The van der Waals surface area contributed by atoms with Crippen LogP contribution in [0.1, 0.15) is 45.5 Å². The number of hydrogen-bond acceptors (Lipinski definition) is 10. The number of rotatable bonds is 9. The molecular formula is C39H39FN6O6S2. The lowest BCUT2D eigenvalue weighted by Gasteiger charge is -2.20. The SMILES string of the molecule is COc1cc2c(cc1Nc1nc(Nc3cccc(F)c3C(N)=O)c3ccn(S(=O)(=O)c4ccc(C)cc4)c3n1)CCCC2.Cc1ccc(S(C)(=O)=O)cc1. The van der Waals surface area contributed by atoms with Crippen LogP contribution in [0.15, 0.2) is 101 Å². The Morgan fingerprint density at radius 1 is 0.815 bits per heavy atom. The van der Waals surface area contributed by atoms with Crippen LogP contribution >= 0.6 is 0 Å². The number of nitrogens with one attached hydrogen (secondary N) is 2. The molecule has 0 atom stereocenters. The molecule has 0 aliphatic heterocycles. The first kappa shape index (κ1) is 37.9. The van der Waals surface area contributed by atoms with E-state index in [4.69, 9.17) is 10.5 Å². The molecule has 280 valence electrons. The number of primary amides is 1. The molecule has 4 N–H and O–H groups in total. The van der Waals surface area contributed by atoms with Gasteiger partial charge in [0.2, 0.25) is 5.95 Å². The van der Waals surface area contributed by atoms with E-state index in [0.29, 0.717) is 21.7 Å². The van der Waals surface area contributed by atoms with Gasteiger partial charge < -0.3 is 21.1 Å². The van der Waals surface area contributed by atoms with Crippen LogP contribution in [-0.2, 0) is 32.7 Å². The minimum Gasteiger partial charge on any atom is -0.495 e. The van der Waals surface area contributed by atoms with E-state index in [9.17, 15) is 26.0 Å². The molecule has 0 fully saturated rings. The molecule has 4 aromatic carbocycles. The first-order valence-corrected chi connectivity index (χ1v) is 20.3. The summed E-state index contributed by atoms with van der Waals surface area (Å²) in [6.07, 6.45) is 6.66. The lowest BCUT2D eigenvalue weighted by atomic mass is 9.91. The number of aromatic nitrogens is 3. The molecule has 54 heavy (non-hydrogen) atoms. The fourth-order valence-electron chi connectivity index (χ4n) is 6.10. The summed E-state index contributed by atoms with van der Waals surface area (Å²) >= 11 is 0. The van der Waals surface area contributed by atoms with Gasteiger partial charge in [-0.15, -0.1) is 0 Å². The number of ether oxygens (including phenoxy) is 1. The normalized spacial score (nSPS) is 12.7. The van der Waals surface area contributed by atoms with Gasteiger partial charge in [0.25, 0.3) is 15.9 Å². The summed E-state index contributed by atoms with van der Waals surface area (Å²) in [7, 11) is -5.51. The summed E-state index contributed by atoms with van der Waals surface area (Å²) in [6, 6.07) is 22.8. The minimum absolute atomic E-state index is 0.0557. The van der Waals surface area contributed by atoms with Gasteiger partial charge in [-0.3, -0.25) is 4.79 Å². The van der Waals surface area contributed by atoms with Crippen LogP contribution in [0.25, 0.3) is 11.0 Å². The summed E-state index contributed by atoms with van der Waals surface area (Å²) in [4.78, 5) is 21.8. The molecule has 0 bridgehead atoms. The van der Waals surface area contributed by atoms with Crippen LogP contribution in [0.3, 0.4) is 0 Å². The van der Waals surface area contributed by atoms with E-state index in [1.807, 2.05) is 26.0 Å². The summed E-state index contributed by atoms with van der Waals surface area (Å²) in [5.41, 5.74) is 10.2. The fraction of sp³-hybridized carbons (Fsp3) is 0.205. The van der Waals surface area contributed by atoms with Crippen molar-refractivity contribution in [1.82, 2.24) is 13.9 Å². The Morgan fingerprint density at radius 2 is 1.43 bits per heavy atom. The number of halogens is 1. The fourth-order valence-corrected chi connectivity index (χ4v) is 8.03. The van der Waals surface area contributed by atoms with Gasteiger partial charge in [0.05, 0.1) is 39.2 Å². The maximum atomic E-state index is 14.6. The Labute approximate surface area is 313 Å². The van der Waals surface area contributed by atoms with Crippen molar-refractivity contribution in [2.24, 2.45) is 5.73 Å². The number of aryl methyl sites for hydroxylation is 4. The first-order chi connectivity index (χ1) is 25.6. The number of carbonyl (C=O) groups is 1. The third-order valence-electron chi connectivity index (χ3n) is 8.96. The number of hydrogen-bond donors (Lipinski definition) is 3. The van der Waals surface area contributed by atoms with Crippen LogP contribution in [0, 0.1) is 19.7 Å². The maximum Gasteiger partial charge on any atom is 0.269 e. The Morgan fingerprint density at radius 3 is 2.02 bits per heavy atom. The van der Waals surface area contributed by atoms with E-state index in [1.165, 1.54) is 53.9 Å². The molecule has 2 aromatic heterocycles. The van der Waals surface area contributed by atoms with E-state index in [-0.39, 0.29) is 33.6 Å². The average molecular weight is 771 g/mol. The second-order valence-corrected chi connectivity index (χ2v) is 16.8. The van der Waals surface area contributed by atoms with E-state index >= 15 is 0 Å². The van der Waals surface area contributed by atoms with Gasteiger partial charge in [0.1, 0.15) is 17.4 Å². The molecule has 0 saturated heterocycles. The van der Waals surface area contributed by atoms with Gasteiger partial charge in [-0.05, 0) is 105 Å². The first-order valence-electron chi connectivity index (χ1n) is 17.0. The quantitative estimate of drug-likeness (QED) is 0.139. The summed E-state index contributed by atoms with van der Waals surface area (Å²) in [5, 5.41) is 6.50. The van der Waals surface area contributed by atoms with Crippen molar-refractivity contribution in [2.75, 3.05) is 24.0 Å².